The molecule has 0 saturated heterocycles. The van der Waals surface area contributed by atoms with E-state index in [2.05, 4.69) is 13.2 Å². The number of rotatable bonds is 6. The SMILES string of the molecule is C=C(C)C(=O)O.C=CCC(CC(=O)O)C(=O)O. The minimum atomic E-state index is -1.10. The largest absolute Gasteiger partial charge is 0.481 e. The molecule has 96 valence electrons. The third-order valence-corrected chi connectivity index (χ3v) is 1.59. The molecule has 17 heavy (non-hydrogen) atoms. The van der Waals surface area contributed by atoms with Crippen LogP contribution in [0.15, 0.2) is 24.8 Å². The average molecular weight is 244 g/mol. The summed E-state index contributed by atoms with van der Waals surface area (Å²) < 4.78 is 0. The monoisotopic (exact) mass is 244 g/mol. The highest BCUT2D eigenvalue weighted by atomic mass is 16.4. The summed E-state index contributed by atoms with van der Waals surface area (Å²) in [5, 5.41) is 24.6. The van der Waals surface area contributed by atoms with Crippen LogP contribution >= 0.6 is 0 Å². The summed E-state index contributed by atoms with van der Waals surface area (Å²) in [5.41, 5.74) is 0.176. The first-order valence-corrected chi connectivity index (χ1v) is 4.66. The van der Waals surface area contributed by atoms with Crippen LogP contribution < -0.4 is 0 Å². The van der Waals surface area contributed by atoms with Crippen LogP contribution in [0, 0.1) is 5.92 Å². The van der Waals surface area contributed by atoms with E-state index in [-0.39, 0.29) is 18.4 Å². The summed E-state index contributed by atoms with van der Waals surface area (Å²) in [6.07, 6.45) is 1.25. The van der Waals surface area contributed by atoms with Crippen molar-refractivity contribution in [2.45, 2.75) is 19.8 Å². The topological polar surface area (TPSA) is 112 Å². The van der Waals surface area contributed by atoms with Crippen LogP contribution in [0.1, 0.15) is 19.8 Å². The van der Waals surface area contributed by atoms with Crippen molar-refractivity contribution >= 4 is 17.9 Å². The molecule has 6 nitrogen and oxygen atoms in total. The highest BCUT2D eigenvalue weighted by molar-refractivity contribution is 5.84. The smallest absolute Gasteiger partial charge is 0.330 e. The molecule has 0 aliphatic rings. The lowest BCUT2D eigenvalue weighted by Gasteiger charge is -2.04. The van der Waals surface area contributed by atoms with Gasteiger partial charge in [-0.05, 0) is 13.3 Å². The van der Waals surface area contributed by atoms with E-state index in [1.165, 1.54) is 13.0 Å². The Morgan fingerprint density at radius 1 is 1.24 bits per heavy atom. The standard InChI is InChI=1S/C7H10O4.C4H6O2/c1-2-3-5(7(10)11)4-6(8)9;1-3(2)4(5)6/h2,5H,1,3-4H2,(H,8,9)(H,10,11);1H2,2H3,(H,5,6). The third kappa shape index (κ3) is 11.8. The van der Waals surface area contributed by atoms with Crippen LogP contribution in [0.25, 0.3) is 0 Å². The van der Waals surface area contributed by atoms with E-state index >= 15 is 0 Å². The Morgan fingerprint density at radius 3 is 1.82 bits per heavy atom. The number of aliphatic carboxylic acids is 3. The maximum atomic E-state index is 10.3. The molecule has 0 aromatic heterocycles. The molecular weight excluding hydrogens is 228 g/mol. The molecule has 0 spiro atoms. The van der Waals surface area contributed by atoms with Crippen molar-refractivity contribution < 1.29 is 29.7 Å². The number of carbonyl (C=O) groups is 3. The average Bonchev–Trinajstić information content (AvgIpc) is 2.17. The first-order chi connectivity index (χ1) is 7.72. The van der Waals surface area contributed by atoms with Gasteiger partial charge in [-0.25, -0.2) is 4.79 Å². The van der Waals surface area contributed by atoms with Gasteiger partial charge in [-0.15, -0.1) is 6.58 Å². The lowest BCUT2D eigenvalue weighted by Crippen LogP contribution is -2.16. The van der Waals surface area contributed by atoms with E-state index in [1.807, 2.05) is 0 Å². The first-order valence-electron chi connectivity index (χ1n) is 4.66. The quantitative estimate of drug-likeness (QED) is 0.480. The van der Waals surface area contributed by atoms with E-state index in [0.29, 0.717) is 0 Å². The summed E-state index contributed by atoms with van der Waals surface area (Å²) in [6, 6.07) is 0. The van der Waals surface area contributed by atoms with Crippen molar-refractivity contribution in [1.29, 1.82) is 0 Å². The summed E-state index contributed by atoms with van der Waals surface area (Å²) in [4.78, 5) is 30.0. The molecule has 0 radical (unpaired) electrons. The van der Waals surface area contributed by atoms with E-state index in [1.54, 1.807) is 0 Å². The van der Waals surface area contributed by atoms with Crippen LogP contribution in [-0.4, -0.2) is 33.2 Å². The second kappa shape index (κ2) is 9.14. The zero-order chi connectivity index (χ0) is 14.0. The number of carboxylic acids is 3. The Morgan fingerprint density at radius 2 is 1.65 bits per heavy atom. The molecule has 0 aromatic carbocycles. The van der Waals surface area contributed by atoms with Crippen LogP contribution in [-0.2, 0) is 14.4 Å². The summed E-state index contributed by atoms with van der Waals surface area (Å²) in [7, 11) is 0. The Bertz CT molecular complexity index is 306. The molecule has 1 atom stereocenters. The van der Waals surface area contributed by atoms with Gasteiger partial charge in [0.15, 0.2) is 0 Å². The highest BCUT2D eigenvalue weighted by Crippen LogP contribution is 2.08. The van der Waals surface area contributed by atoms with Crippen molar-refractivity contribution in [2.24, 2.45) is 5.92 Å². The minimum absolute atomic E-state index is 0.176. The fraction of sp³-hybridized carbons (Fsp3) is 0.364. The zero-order valence-corrected chi connectivity index (χ0v) is 9.55. The summed E-state index contributed by atoms with van der Waals surface area (Å²) in [6.45, 7) is 7.94. The Hall–Kier alpha value is -2.11. The van der Waals surface area contributed by atoms with Crippen molar-refractivity contribution in [1.82, 2.24) is 0 Å². The zero-order valence-electron chi connectivity index (χ0n) is 9.55. The van der Waals surface area contributed by atoms with Crippen molar-refractivity contribution in [2.75, 3.05) is 0 Å². The molecule has 0 fully saturated rings. The van der Waals surface area contributed by atoms with E-state index in [4.69, 9.17) is 15.3 Å². The van der Waals surface area contributed by atoms with Gasteiger partial charge >= 0.3 is 17.9 Å². The van der Waals surface area contributed by atoms with Crippen LogP contribution in [0.5, 0.6) is 0 Å². The molecule has 0 aromatic rings. The molecule has 0 amide bonds. The molecule has 0 saturated carbocycles. The van der Waals surface area contributed by atoms with Crippen LogP contribution in [0.3, 0.4) is 0 Å². The van der Waals surface area contributed by atoms with Crippen LogP contribution in [0.2, 0.25) is 0 Å². The van der Waals surface area contributed by atoms with Gasteiger partial charge in [0.05, 0.1) is 12.3 Å². The van der Waals surface area contributed by atoms with Crippen molar-refractivity contribution in [3.63, 3.8) is 0 Å². The summed E-state index contributed by atoms with van der Waals surface area (Å²) >= 11 is 0. The van der Waals surface area contributed by atoms with Gasteiger partial charge < -0.3 is 15.3 Å². The maximum Gasteiger partial charge on any atom is 0.330 e. The van der Waals surface area contributed by atoms with Gasteiger partial charge in [-0.1, -0.05) is 12.7 Å². The maximum absolute atomic E-state index is 10.3. The fourth-order valence-corrected chi connectivity index (χ4v) is 0.683. The molecule has 0 aliphatic heterocycles. The Kier molecular flexibility index (Phi) is 9.30. The van der Waals surface area contributed by atoms with E-state index in [9.17, 15) is 14.4 Å². The predicted molar refractivity (Wildman–Crippen MR) is 60.6 cm³/mol. The molecule has 3 N–H and O–H groups in total. The Balaban J connectivity index is 0. The van der Waals surface area contributed by atoms with Gasteiger partial charge in [0, 0.05) is 5.57 Å². The molecule has 0 bridgehead atoms. The lowest BCUT2D eigenvalue weighted by atomic mass is 10.0. The van der Waals surface area contributed by atoms with Crippen molar-refractivity contribution in [3.05, 3.63) is 24.8 Å². The molecule has 6 heteroatoms. The predicted octanol–water partition coefficient (Wildman–Crippen LogP) is 1.39. The van der Waals surface area contributed by atoms with Gasteiger partial charge in [0.25, 0.3) is 0 Å². The molecular formula is C11H16O6. The minimum Gasteiger partial charge on any atom is -0.481 e. The lowest BCUT2D eigenvalue weighted by molar-refractivity contribution is -0.148. The number of allylic oxidation sites excluding steroid dienone is 1. The second-order valence-electron chi connectivity index (χ2n) is 3.24. The van der Waals surface area contributed by atoms with Crippen molar-refractivity contribution in [3.8, 4) is 0 Å². The second-order valence-corrected chi connectivity index (χ2v) is 3.24. The molecule has 0 rings (SSSR count). The van der Waals surface area contributed by atoms with Crippen LogP contribution in [0.4, 0.5) is 0 Å². The van der Waals surface area contributed by atoms with Gasteiger partial charge in [0.1, 0.15) is 0 Å². The molecule has 0 heterocycles. The third-order valence-electron chi connectivity index (χ3n) is 1.59. The first kappa shape index (κ1) is 17.3. The van der Waals surface area contributed by atoms with E-state index in [0.717, 1.165) is 0 Å². The van der Waals surface area contributed by atoms with E-state index < -0.39 is 23.8 Å². The normalized spacial score (nSPS) is 10.4. The molecule has 0 aliphatic carbocycles. The summed E-state index contributed by atoms with van der Waals surface area (Å²) in [5.74, 6) is -3.97. The Labute approximate surface area is 98.9 Å². The number of hydrogen-bond donors (Lipinski definition) is 3. The van der Waals surface area contributed by atoms with Gasteiger partial charge in [-0.3, -0.25) is 9.59 Å². The molecule has 1 unspecified atom stereocenters. The number of hydrogen-bond acceptors (Lipinski definition) is 3. The van der Waals surface area contributed by atoms with Gasteiger partial charge in [0.2, 0.25) is 0 Å². The highest BCUT2D eigenvalue weighted by Gasteiger charge is 2.18. The van der Waals surface area contributed by atoms with Gasteiger partial charge in [-0.2, -0.15) is 0 Å². The number of carboxylic acid groups (broad SMARTS) is 3. The fourth-order valence-electron chi connectivity index (χ4n) is 0.683.